The average Bonchev–Trinajstić information content (AvgIpc) is 3.07. The molecule has 3 rings (SSSR count). The van der Waals surface area contributed by atoms with Gasteiger partial charge in [0.05, 0.1) is 5.56 Å². The molecule has 0 unspecified atom stereocenters. The summed E-state index contributed by atoms with van der Waals surface area (Å²) in [5, 5.41) is 7.90. The van der Waals surface area contributed by atoms with Gasteiger partial charge in [0, 0.05) is 49.9 Å². The van der Waals surface area contributed by atoms with Gasteiger partial charge in [-0.25, -0.2) is 4.98 Å². The Morgan fingerprint density at radius 2 is 1.96 bits per heavy atom. The van der Waals surface area contributed by atoms with Gasteiger partial charge in [-0.05, 0) is 52.0 Å². The van der Waals surface area contributed by atoms with Crippen LogP contribution in [0.5, 0.6) is 0 Å². The predicted octanol–water partition coefficient (Wildman–Crippen LogP) is 2.77. The summed E-state index contributed by atoms with van der Waals surface area (Å²) in [6.07, 6.45) is 5.05. The Bertz CT molecular complexity index is 804. The molecule has 1 saturated heterocycles. The summed E-state index contributed by atoms with van der Waals surface area (Å²) in [6, 6.07) is 1.87. The number of hydrogen-bond donors (Lipinski definition) is 1. The average molecular weight is 371 g/mol. The van der Waals surface area contributed by atoms with Crippen LogP contribution in [0.15, 0.2) is 12.3 Å². The molecule has 0 spiro atoms. The number of aromatic nitrogens is 3. The number of rotatable bonds is 6. The van der Waals surface area contributed by atoms with Gasteiger partial charge < -0.3 is 9.80 Å². The van der Waals surface area contributed by atoms with Gasteiger partial charge >= 0.3 is 0 Å². The molecule has 146 valence electrons. The number of piperidine rings is 1. The second-order valence-electron chi connectivity index (χ2n) is 7.28. The number of H-pyrrole nitrogens is 1. The van der Waals surface area contributed by atoms with Crippen molar-refractivity contribution >= 4 is 22.8 Å². The van der Waals surface area contributed by atoms with Gasteiger partial charge in [-0.2, -0.15) is 5.10 Å². The summed E-state index contributed by atoms with van der Waals surface area (Å²) in [6.45, 7) is 8.99. The van der Waals surface area contributed by atoms with Gasteiger partial charge in [0.2, 0.25) is 5.91 Å². The van der Waals surface area contributed by atoms with Crippen LogP contribution in [-0.2, 0) is 4.79 Å². The molecule has 27 heavy (non-hydrogen) atoms. The van der Waals surface area contributed by atoms with E-state index in [1.807, 2.05) is 36.6 Å². The largest absolute Gasteiger partial charge is 0.343 e. The van der Waals surface area contributed by atoms with Crippen LogP contribution >= 0.6 is 0 Å². The van der Waals surface area contributed by atoms with Crippen LogP contribution in [0.2, 0.25) is 0 Å². The maximum absolute atomic E-state index is 12.8. The van der Waals surface area contributed by atoms with E-state index in [0.29, 0.717) is 23.5 Å². The molecule has 0 aliphatic carbocycles. The number of aromatic amines is 1. The highest BCUT2D eigenvalue weighted by molar-refractivity contribution is 5.97. The predicted molar refractivity (Wildman–Crippen MR) is 104 cm³/mol. The van der Waals surface area contributed by atoms with Gasteiger partial charge in [-0.15, -0.1) is 0 Å². The Balaban J connectivity index is 1.53. The fraction of sp³-hybridized carbons (Fsp3) is 0.600. The summed E-state index contributed by atoms with van der Waals surface area (Å²) < 4.78 is 0. The first-order chi connectivity index (χ1) is 13.0. The van der Waals surface area contributed by atoms with E-state index >= 15 is 0 Å². The number of pyridine rings is 1. The molecular weight excluding hydrogens is 342 g/mol. The fourth-order valence-corrected chi connectivity index (χ4v) is 3.81. The zero-order valence-corrected chi connectivity index (χ0v) is 16.5. The van der Waals surface area contributed by atoms with Gasteiger partial charge in [-0.3, -0.25) is 14.7 Å². The maximum atomic E-state index is 12.8. The quantitative estimate of drug-likeness (QED) is 0.846. The number of hydrogen-bond acceptors (Lipinski definition) is 4. The van der Waals surface area contributed by atoms with Crippen molar-refractivity contribution in [2.45, 2.75) is 46.5 Å². The van der Waals surface area contributed by atoms with E-state index in [9.17, 15) is 9.59 Å². The molecule has 1 fully saturated rings. The second kappa shape index (κ2) is 8.50. The zero-order valence-electron chi connectivity index (χ0n) is 16.5. The molecule has 2 amide bonds. The molecule has 0 aromatic carbocycles. The van der Waals surface area contributed by atoms with Crippen molar-refractivity contribution < 1.29 is 9.59 Å². The standard InChI is InChI=1S/C20H29N5O2/c1-4-24(5-2)18(26)7-6-15-8-10-25(11-9-15)20(27)16-12-17-14(3)22-23-19(17)21-13-16/h12-13,15H,4-11H2,1-3H3,(H,21,22,23). The van der Waals surface area contributed by atoms with E-state index in [2.05, 4.69) is 15.2 Å². The van der Waals surface area contributed by atoms with Crippen molar-refractivity contribution in [1.29, 1.82) is 0 Å². The molecular formula is C20H29N5O2. The lowest BCUT2D eigenvalue weighted by molar-refractivity contribution is -0.131. The van der Waals surface area contributed by atoms with Crippen molar-refractivity contribution in [3.63, 3.8) is 0 Å². The minimum Gasteiger partial charge on any atom is -0.343 e. The topological polar surface area (TPSA) is 82.2 Å². The number of fused-ring (bicyclic) bond motifs is 1. The van der Waals surface area contributed by atoms with E-state index in [4.69, 9.17) is 0 Å². The van der Waals surface area contributed by atoms with Crippen molar-refractivity contribution in [3.05, 3.63) is 23.5 Å². The monoisotopic (exact) mass is 371 g/mol. The summed E-state index contributed by atoms with van der Waals surface area (Å²) in [4.78, 5) is 33.1. The summed E-state index contributed by atoms with van der Waals surface area (Å²) in [7, 11) is 0. The van der Waals surface area contributed by atoms with Gasteiger partial charge in [-0.1, -0.05) is 0 Å². The Labute approximate surface area is 160 Å². The normalized spacial score (nSPS) is 15.3. The number of carbonyl (C=O) groups excluding carboxylic acids is 2. The van der Waals surface area contributed by atoms with Crippen LogP contribution in [-0.4, -0.2) is 63.0 Å². The first-order valence-corrected chi connectivity index (χ1v) is 9.91. The fourth-order valence-electron chi connectivity index (χ4n) is 3.81. The van der Waals surface area contributed by atoms with E-state index in [1.165, 1.54) is 0 Å². The third-order valence-corrected chi connectivity index (χ3v) is 5.63. The number of likely N-dealkylation sites (tertiary alicyclic amines) is 1. The number of aryl methyl sites for hydroxylation is 1. The molecule has 1 aliphatic heterocycles. The highest BCUT2D eigenvalue weighted by atomic mass is 16.2. The van der Waals surface area contributed by atoms with Crippen molar-refractivity contribution in [1.82, 2.24) is 25.0 Å². The lowest BCUT2D eigenvalue weighted by atomic mass is 9.91. The van der Waals surface area contributed by atoms with Crippen LogP contribution in [0, 0.1) is 12.8 Å². The molecule has 2 aromatic heterocycles. The number of nitrogens with one attached hydrogen (secondary N) is 1. The van der Waals surface area contributed by atoms with Crippen molar-refractivity contribution in [3.8, 4) is 0 Å². The van der Waals surface area contributed by atoms with Crippen LogP contribution in [0.3, 0.4) is 0 Å². The number of amides is 2. The smallest absolute Gasteiger partial charge is 0.255 e. The molecule has 1 aliphatic rings. The van der Waals surface area contributed by atoms with Gasteiger partial charge in [0.1, 0.15) is 0 Å². The van der Waals surface area contributed by atoms with Gasteiger partial charge in [0.25, 0.3) is 5.91 Å². The maximum Gasteiger partial charge on any atom is 0.255 e. The third kappa shape index (κ3) is 4.28. The Hall–Kier alpha value is -2.44. The Kier molecular flexibility index (Phi) is 6.08. The second-order valence-corrected chi connectivity index (χ2v) is 7.28. The summed E-state index contributed by atoms with van der Waals surface area (Å²) in [5.74, 6) is 0.793. The number of carbonyl (C=O) groups is 2. The van der Waals surface area contributed by atoms with Crippen molar-refractivity contribution in [2.75, 3.05) is 26.2 Å². The summed E-state index contributed by atoms with van der Waals surface area (Å²) in [5.41, 5.74) is 2.17. The lowest BCUT2D eigenvalue weighted by Crippen LogP contribution is -2.39. The minimum absolute atomic E-state index is 0.0302. The lowest BCUT2D eigenvalue weighted by Gasteiger charge is -2.32. The van der Waals surface area contributed by atoms with Gasteiger partial charge in [0.15, 0.2) is 5.65 Å². The Morgan fingerprint density at radius 1 is 1.26 bits per heavy atom. The molecule has 0 radical (unpaired) electrons. The SMILES string of the molecule is CCN(CC)C(=O)CCC1CCN(C(=O)c2cnc3n[nH]c(C)c3c2)CC1. The van der Waals surface area contributed by atoms with Crippen molar-refractivity contribution in [2.24, 2.45) is 5.92 Å². The van der Waals surface area contributed by atoms with Crippen LogP contribution in [0.25, 0.3) is 11.0 Å². The van der Waals surface area contributed by atoms with Crippen LogP contribution in [0.4, 0.5) is 0 Å². The first kappa shape index (κ1) is 19.3. The molecule has 1 N–H and O–H groups in total. The third-order valence-electron chi connectivity index (χ3n) is 5.63. The number of nitrogens with zero attached hydrogens (tertiary/aromatic N) is 4. The zero-order chi connectivity index (χ0) is 19.4. The van der Waals surface area contributed by atoms with E-state index < -0.39 is 0 Å². The molecule has 0 bridgehead atoms. The summed E-state index contributed by atoms with van der Waals surface area (Å²) >= 11 is 0. The van der Waals surface area contributed by atoms with Crippen LogP contribution < -0.4 is 0 Å². The van der Waals surface area contributed by atoms with E-state index in [1.54, 1.807) is 6.20 Å². The molecule has 7 heteroatoms. The first-order valence-electron chi connectivity index (χ1n) is 9.91. The van der Waals surface area contributed by atoms with E-state index in [0.717, 1.165) is 56.5 Å². The molecule has 2 aromatic rings. The van der Waals surface area contributed by atoms with Crippen LogP contribution in [0.1, 0.15) is 55.6 Å². The highest BCUT2D eigenvalue weighted by Gasteiger charge is 2.25. The van der Waals surface area contributed by atoms with E-state index in [-0.39, 0.29) is 11.8 Å². The molecule has 7 nitrogen and oxygen atoms in total. The molecule has 0 saturated carbocycles. The Morgan fingerprint density at radius 3 is 2.63 bits per heavy atom. The highest BCUT2D eigenvalue weighted by Crippen LogP contribution is 2.24. The minimum atomic E-state index is 0.0302. The molecule has 0 atom stereocenters. The molecule has 3 heterocycles.